The number of rotatable bonds is 7. The van der Waals surface area contributed by atoms with Crippen LogP contribution in [-0.4, -0.2) is 42.2 Å². The number of nitrogens with zero attached hydrogens (tertiary/aromatic N) is 1. The Kier molecular flexibility index (Phi) is 5.94. The van der Waals surface area contributed by atoms with Crippen molar-refractivity contribution in [1.29, 1.82) is 0 Å². The van der Waals surface area contributed by atoms with Crippen molar-refractivity contribution in [2.75, 3.05) is 28.5 Å². The summed E-state index contributed by atoms with van der Waals surface area (Å²) in [6, 6.07) is 10.1. The first-order chi connectivity index (χ1) is 14.4. The molecule has 0 aromatic heterocycles. The Morgan fingerprint density at radius 2 is 1.77 bits per heavy atom. The number of carbonyl (C=O) groups excluding carboxylic acids is 1. The van der Waals surface area contributed by atoms with Crippen LogP contribution in [0.5, 0.6) is 11.5 Å². The van der Waals surface area contributed by atoms with Crippen molar-refractivity contribution in [2.45, 2.75) is 25.7 Å². The van der Waals surface area contributed by atoms with Crippen LogP contribution in [0.4, 0.5) is 11.4 Å². The average Bonchev–Trinajstić information content (AvgIpc) is 2.85. The number of anilines is 2. The minimum atomic E-state index is -4.17. The molecule has 3 rings (SSSR count). The van der Waals surface area contributed by atoms with Crippen molar-refractivity contribution in [3.05, 3.63) is 42.5 Å². The van der Waals surface area contributed by atoms with E-state index in [1.54, 1.807) is 12.1 Å². The number of amides is 1. The minimum absolute atomic E-state index is 0.00508. The van der Waals surface area contributed by atoms with Gasteiger partial charge in [0, 0.05) is 5.69 Å². The highest BCUT2D eigenvalue weighted by Gasteiger charge is 2.50. The van der Waals surface area contributed by atoms with E-state index in [1.165, 1.54) is 45.2 Å². The summed E-state index contributed by atoms with van der Waals surface area (Å²) in [6.07, 6.45) is 0. The molecule has 0 radical (unpaired) electrons. The molecule has 0 aliphatic carbocycles. The Hall–Kier alpha value is -2.79. The molecule has 1 amide bonds. The molecule has 0 spiro atoms. The zero-order valence-corrected chi connectivity index (χ0v) is 19.2. The van der Waals surface area contributed by atoms with E-state index in [0.29, 0.717) is 16.7 Å². The van der Waals surface area contributed by atoms with Gasteiger partial charge in [-0.05, 0) is 63.2 Å². The number of carbonyl (C=O) groups is 1. The molecule has 0 bridgehead atoms. The summed E-state index contributed by atoms with van der Waals surface area (Å²) in [6.45, 7) is 5.37. The highest BCUT2D eigenvalue weighted by Crippen LogP contribution is 2.38. The number of hydrogen-bond acceptors (Lipinski definition) is 7. The summed E-state index contributed by atoms with van der Waals surface area (Å²) in [5, 5.41) is 0. The second kappa shape index (κ2) is 8.04. The molecule has 1 aliphatic rings. The lowest BCUT2D eigenvalue weighted by molar-refractivity contribution is -0.123. The van der Waals surface area contributed by atoms with Crippen molar-refractivity contribution < 1.29 is 31.1 Å². The van der Waals surface area contributed by atoms with Gasteiger partial charge in [-0.1, -0.05) is 0 Å². The standard InChI is InChI=1S/C20H24N2O7S2/c1-5-29-16-9-6-14(7-10-16)21-31(26,27)18-12-15(8-11-17(18)28-4)22-19(23)20(2,3)13-30(22,24)25/h6-12,21H,5,13H2,1-4H3. The van der Waals surface area contributed by atoms with Gasteiger partial charge in [-0.3, -0.25) is 9.52 Å². The average molecular weight is 469 g/mol. The van der Waals surface area contributed by atoms with E-state index in [4.69, 9.17) is 9.47 Å². The Morgan fingerprint density at radius 3 is 2.29 bits per heavy atom. The van der Waals surface area contributed by atoms with Crippen molar-refractivity contribution in [3.8, 4) is 11.5 Å². The van der Waals surface area contributed by atoms with Crippen molar-refractivity contribution in [2.24, 2.45) is 5.41 Å². The van der Waals surface area contributed by atoms with Gasteiger partial charge in [0.15, 0.2) is 0 Å². The van der Waals surface area contributed by atoms with Gasteiger partial charge in [0.1, 0.15) is 16.4 Å². The smallest absolute Gasteiger partial charge is 0.265 e. The van der Waals surface area contributed by atoms with E-state index in [2.05, 4.69) is 4.72 Å². The van der Waals surface area contributed by atoms with Crippen LogP contribution < -0.4 is 18.5 Å². The molecule has 0 saturated carbocycles. The van der Waals surface area contributed by atoms with Crippen LogP contribution in [0.1, 0.15) is 20.8 Å². The number of benzene rings is 2. The molecular formula is C20H24N2O7S2. The number of ether oxygens (including phenoxy) is 2. The molecule has 31 heavy (non-hydrogen) atoms. The zero-order chi connectivity index (χ0) is 23.0. The second-order valence-corrected chi connectivity index (χ2v) is 11.1. The highest BCUT2D eigenvalue weighted by atomic mass is 32.2. The molecule has 1 saturated heterocycles. The fourth-order valence-electron chi connectivity index (χ4n) is 3.26. The Balaban J connectivity index is 2.01. The number of hydrogen-bond donors (Lipinski definition) is 1. The first-order valence-electron chi connectivity index (χ1n) is 9.42. The van der Waals surface area contributed by atoms with Crippen LogP contribution in [-0.2, 0) is 24.8 Å². The van der Waals surface area contributed by atoms with E-state index >= 15 is 0 Å². The molecule has 2 aromatic carbocycles. The molecule has 168 valence electrons. The third-order valence-corrected chi connectivity index (χ3v) is 8.10. The van der Waals surface area contributed by atoms with Crippen LogP contribution in [0.3, 0.4) is 0 Å². The molecule has 2 aromatic rings. The molecule has 1 fully saturated rings. The number of sulfonamides is 2. The third kappa shape index (κ3) is 4.47. The predicted molar refractivity (Wildman–Crippen MR) is 116 cm³/mol. The normalized spacial score (nSPS) is 17.4. The lowest BCUT2D eigenvalue weighted by Gasteiger charge is -2.19. The molecule has 1 N–H and O–H groups in total. The molecule has 9 nitrogen and oxygen atoms in total. The van der Waals surface area contributed by atoms with Crippen molar-refractivity contribution in [1.82, 2.24) is 0 Å². The number of methoxy groups -OCH3 is 1. The molecule has 1 heterocycles. The fourth-order valence-corrected chi connectivity index (χ4v) is 6.61. The summed E-state index contributed by atoms with van der Waals surface area (Å²) in [7, 11) is -6.80. The van der Waals surface area contributed by atoms with Crippen LogP contribution in [0.2, 0.25) is 0 Å². The Labute approximate surface area is 182 Å². The Morgan fingerprint density at radius 1 is 1.13 bits per heavy atom. The quantitative estimate of drug-likeness (QED) is 0.663. The Bertz CT molecular complexity index is 1200. The third-order valence-electron chi connectivity index (χ3n) is 4.67. The van der Waals surface area contributed by atoms with Gasteiger partial charge in [-0.2, -0.15) is 0 Å². The second-order valence-electron chi connectivity index (χ2n) is 7.61. The van der Waals surface area contributed by atoms with Gasteiger partial charge in [0.2, 0.25) is 15.9 Å². The summed E-state index contributed by atoms with van der Waals surface area (Å²) in [5.74, 6) is -0.395. The van der Waals surface area contributed by atoms with E-state index in [9.17, 15) is 21.6 Å². The summed E-state index contributed by atoms with van der Waals surface area (Å²) in [5.41, 5.74) is -0.899. The summed E-state index contributed by atoms with van der Waals surface area (Å²) >= 11 is 0. The van der Waals surface area contributed by atoms with Gasteiger partial charge in [0.25, 0.3) is 10.0 Å². The molecule has 11 heteroatoms. The largest absolute Gasteiger partial charge is 0.495 e. The molecular weight excluding hydrogens is 444 g/mol. The molecule has 0 atom stereocenters. The maximum absolute atomic E-state index is 13.1. The molecule has 0 unspecified atom stereocenters. The maximum atomic E-state index is 13.1. The summed E-state index contributed by atoms with van der Waals surface area (Å²) < 4.78 is 64.9. The van der Waals surface area contributed by atoms with Crippen LogP contribution in [0, 0.1) is 5.41 Å². The molecule has 1 aliphatic heterocycles. The predicted octanol–water partition coefficient (Wildman–Crippen LogP) is 2.60. The lowest BCUT2D eigenvalue weighted by Crippen LogP contribution is -2.33. The SMILES string of the molecule is CCOc1ccc(NS(=O)(=O)c2cc(N3C(=O)C(C)(C)CS3(=O)=O)ccc2OC)cc1. The van der Waals surface area contributed by atoms with Crippen LogP contribution >= 0.6 is 0 Å². The maximum Gasteiger partial charge on any atom is 0.265 e. The van der Waals surface area contributed by atoms with E-state index < -0.39 is 31.4 Å². The van der Waals surface area contributed by atoms with E-state index in [-0.39, 0.29) is 27.8 Å². The van der Waals surface area contributed by atoms with Crippen LogP contribution in [0.25, 0.3) is 0 Å². The van der Waals surface area contributed by atoms with Gasteiger partial charge < -0.3 is 9.47 Å². The summed E-state index contributed by atoms with van der Waals surface area (Å²) in [4.78, 5) is 12.4. The van der Waals surface area contributed by atoms with Gasteiger partial charge >= 0.3 is 0 Å². The first-order valence-corrected chi connectivity index (χ1v) is 12.5. The van der Waals surface area contributed by atoms with Crippen molar-refractivity contribution >= 4 is 37.3 Å². The van der Waals surface area contributed by atoms with E-state index in [0.717, 1.165) is 6.07 Å². The monoisotopic (exact) mass is 468 g/mol. The van der Waals surface area contributed by atoms with E-state index in [1.807, 2.05) is 6.92 Å². The highest BCUT2D eigenvalue weighted by molar-refractivity contribution is 7.94. The number of nitrogens with one attached hydrogen (secondary N) is 1. The lowest BCUT2D eigenvalue weighted by atomic mass is 9.95. The fraction of sp³-hybridized carbons (Fsp3) is 0.350. The zero-order valence-electron chi connectivity index (χ0n) is 17.6. The van der Waals surface area contributed by atoms with Gasteiger partial charge in [-0.25, -0.2) is 21.1 Å². The topological polar surface area (TPSA) is 119 Å². The minimum Gasteiger partial charge on any atom is -0.495 e. The van der Waals surface area contributed by atoms with Crippen molar-refractivity contribution in [3.63, 3.8) is 0 Å². The van der Waals surface area contributed by atoms with Gasteiger partial charge in [0.05, 0.1) is 30.6 Å². The van der Waals surface area contributed by atoms with Gasteiger partial charge in [-0.15, -0.1) is 0 Å². The van der Waals surface area contributed by atoms with Crippen LogP contribution in [0.15, 0.2) is 47.4 Å². The first kappa shape index (κ1) is 22.9.